The number of carbonyl (C=O) groups is 1. The summed E-state index contributed by atoms with van der Waals surface area (Å²) in [6, 6.07) is 15.3. The number of unbranched alkanes of at least 4 members (excludes halogenated alkanes) is 3. The molecule has 8 nitrogen and oxygen atoms in total. The molecule has 1 heterocycles. The van der Waals surface area contributed by atoms with Gasteiger partial charge in [-0.1, -0.05) is 45.2 Å². The van der Waals surface area contributed by atoms with Gasteiger partial charge in [0, 0.05) is 44.5 Å². The number of urea groups is 1. The van der Waals surface area contributed by atoms with E-state index in [9.17, 15) is 13.2 Å². The van der Waals surface area contributed by atoms with E-state index in [-0.39, 0.29) is 6.03 Å². The zero-order valence-corrected chi connectivity index (χ0v) is 23.9. The van der Waals surface area contributed by atoms with Crippen molar-refractivity contribution in [3.63, 3.8) is 0 Å². The highest BCUT2D eigenvalue weighted by Crippen LogP contribution is 2.25. The van der Waals surface area contributed by atoms with E-state index in [2.05, 4.69) is 45.8 Å². The van der Waals surface area contributed by atoms with Crippen molar-refractivity contribution < 1.29 is 17.9 Å². The first-order chi connectivity index (χ1) is 18.3. The van der Waals surface area contributed by atoms with E-state index in [0.717, 1.165) is 89.7 Å². The van der Waals surface area contributed by atoms with Crippen LogP contribution in [0, 0.1) is 0 Å². The number of ether oxygens (including phenoxy) is 1. The van der Waals surface area contributed by atoms with Crippen LogP contribution in [0.5, 0.6) is 11.5 Å². The molecule has 2 aromatic rings. The molecule has 0 bridgehead atoms. The van der Waals surface area contributed by atoms with Crippen LogP contribution in [-0.2, 0) is 16.6 Å². The quantitative estimate of drug-likeness (QED) is 0.293. The summed E-state index contributed by atoms with van der Waals surface area (Å²) in [5, 5.41) is 3.13. The summed E-state index contributed by atoms with van der Waals surface area (Å²) in [4.78, 5) is 17.4. The number of likely N-dealkylation sites (tertiary alicyclic amines) is 1. The number of piperidine rings is 1. The zero-order valence-electron chi connectivity index (χ0n) is 23.1. The molecule has 9 heteroatoms. The molecule has 1 aliphatic heterocycles. The number of rotatable bonds is 14. The van der Waals surface area contributed by atoms with Crippen LogP contribution < -0.4 is 14.8 Å². The number of nitrogens with zero attached hydrogens (tertiary/aromatic N) is 2. The van der Waals surface area contributed by atoms with Gasteiger partial charge in [0.2, 0.25) is 10.0 Å². The van der Waals surface area contributed by atoms with E-state index in [1.54, 1.807) is 24.3 Å². The van der Waals surface area contributed by atoms with Gasteiger partial charge in [0.15, 0.2) is 0 Å². The van der Waals surface area contributed by atoms with Crippen LogP contribution in [0.4, 0.5) is 10.5 Å². The van der Waals surface area contributed by atoms with Gasteiger partial charge in [-0.3, -0.25) is 9.62 Å². The fourth-order valence-corrected chi connectivity index (χ4v) is 5.27. The van der Waals surface area contributed by atoms with Gasteiger partial charge in [-0.05, 0) is 67.6 Å². The Kier molecular flexibility index (Phi) is 11.7. The van der Waals surface area contributed by atoms with Crippen molar-refractivity contribution in [2.45, 2.75) is 71.4 Å². The fourth-order valence-electron chi connectivity index (χ4n) is 4.71. The minimum atomic E-state index is -3.30. The Bertz CT molecular complexity index is 1080. The van der Waals surface area contributed by atoms with Gasteiger partial charge in [0.1, 0.15) is 11.5 Å². The maximum atomic E-state index is 12.9. The summed E-state index contributed by atoms with van der Waals surface area (Å²) >= 11 is 0. The van der Waals surface area contributed by atoms with Crippen LogP contribution in [0.1, 0.15) is 64.4 Å². The molecule has 0 unspecified atom stereocenters. The summed E-state index contributed by atoms with van der Waals surface area (Å²) in [5.41, 5.74) is 1.72. The first-order valence-corrected chi connectivity index (χ1v) is 15.8. The molecule has 0 atom stereocenters. The zero-order chi connectivity index (χ0) is 27.4. The summed E-state index contributed by atoms with van der Waals surface area (Å²) in [6.07, 6.45) is 8.60. The molecule has 38 heavy (non-hydrogen) atoms. The lowest BCUT2D eigenvalue weighted by Gasteiger charge is -2.38. The number of anilines is 1. The van der Waals surface area contributed by atoms with Crippen LogP contribution >= 0.6 is 0 Å². The molecule has 2 N–H and O–H groups in total. The Morgan fingerprint density at radius 3 is 2.13 bits per heavy atom. The first-order valence-electron chi connectivity index (χ1n) is 13.9. The van der Waals surface area contributed by atoms with Crippen LogP contribution in [0.25, 0.3) is 0 Å². The predicted molar refractivity (Wildman–Crippen MR) is 154 cm³/mol. The summed E-state index contributed by atoms with van der Waals surface area (Å²) in [7, 11) is -3.30. The highest BCUT2D eigenvalue weighted by molar-refractivity contribution is 7.92. The molecule has 0 aromatic heterocycles. The standard InChI is InChI=1S/C29H44N4O4S/c1-4-6-8-20-33(29(34)30-19-7-5-2)26-17-21-32(22-18-26)23-24-9-13-27(14-10-24)37-28-15-11-25(12-16-28)31-38(3,35)36/h9-16,26,31H,4-8,17-23H2,1-3H3,(H,30,34). The van der Waals surface area contributed by atoms with Crippen molar-refractivity contribution in [1.82, 2.24) is 15.1 Å². The number of carbonyl (C=O) groups excluding carboxylic acids is 1. The molecule has 2 aromatic carbocycles. The number of hydrogen-bond donors (Lipinski definition) is 2. The Morgan fingerprint density at radius 1 is 0.947 bits per heavy atom. The monoisotopic (exact) mass is 544 g/mol. The molecule has 2 amide bonds. The van der Waals surface area contributed by atoms with E-state index in [4.69, 9.17) is 4.74 Å². The topological polar surface area (TPSA) is 91.0 Å². The van der Waals surface area contributed by atoms with E-state index in [1.807, 2.05) is 12.1 Å². The first kappa shape index (κ1) is 29.8. The molecule has 1 aliphatic rings. The van der Waals surface area contributed by atoms with Crippen molar-refractivity contribution >= 4 is 21.7 Å². The maximum Gasteiger partial charge on any atom is 0.317 e. The van der Waals surface area contributed by atoms with Crippen LogP contribution in [0.3, 0.4) is 0 Å². The molecule has 3 rings (SSSR count). The Balaban J connectivity index is 1.48. The normalized spacial score (nSPS) is 14.7. The molecule has 0 spiro atoms. The van der Waals surface area contributed by atoms with Crippen LogP contribution in [-0.4, -0.2) is 62.7 Å². The van der Waals surface area contributed by atoms with E-state index in [0.29, 0.717) is 17.5 Å². The van der Waals surface area contributed by atoms with Gasteiger partial charge in [-0.2, -0.15) is 0 Å². The molecule has 0 aliphatic carbocycles. The van der Waals surface area contributed by atoms with Crippen LogP contribution in [0.15, 0.2) is 48.5 Å². The smallest absolute Gasteiger partial charge is 0.317 e. The Labute approximate surface area is 228 Å². The molecular formula is C29H44N4O4S. The molecular weight excluding hydrogens is 500 g/mol. The van der Waals surface area contributed by atoms with Crippen molar-refractivity contribution in [2.24, 2.45) is 0 Å². The predicted octanol–water partition coefficient (Wildman–Crippen LogP) is 5.82. The lowest BCUT2D eigenvalue weighted by Crippen LogP contribution is -2.51. The lowest BCUT2D eigenvalue weighted by atomic mass is 10.0. The summed E-state index contributed by atoms with van der Waals surface area (Å²) in [5.74, 6) is 1.37. The second-order valence-corrected chi connectivity index (χ2v) is 11.9. The third kappa shape index (κ3) is 10.2. The SMILES string of the molecule is CCCCCN(C(=O)NCCCC)C1CCN(Cc2ccc(Oc3ccc(NS(C)(=O)=O)cc3)cc2)CC1. The van der Waals surface area contributed by atoms with E-state index < -0.39 is 10.0 Å². The average molecular weight is 545 g/mol. The average Bonchev–Trinajstić information content (AvgIpc) is 2.89. The van der Waals surface area contributed by atoms with Gasteiger partial charge >= 0.3 is 6.03 Å². The van der Waals surface area contributed by atoms with Crippen molar-refractivity contribution in [3.05, 3.63) is 54.1 Å². The summed E-state index contributed by atoms with van der Waals surface area (Å²) < 4.78 is 31.1. The number of amides is 2. The molecule has 210 valence electrons. The van der Waals surface area contributed by atoms with E-state index >= 15 is 0 Å². The minimum absolute atomic E-state index is 0.102. The highest BCUT2D eigenvalue weighted by atomic mass is 32.2. The maximum absolute atomic E-state index is 12.9. The van der Waals surface area contributed by atoms with Gasteiger partial charge < -0.3 is 15.0 Å². The van der Waals surface area contributed by atoms with Crippen LogP contribution in [0.2, 0.25) is 0 Å². The largest absolute Gasteiger partial charge is 0.457 e. The van der Waals surface area contributed by atoms with Gasteiger partial charge in [-0.25, -0.2) is 13.2 Å². The molecule has 0 radical (unpaired) electrons. The molecule has 1 saturated heterocycles. The Hall–Kier alpha value is -2.78. The lowest BCUT2D eigenvalue weighted by molar-refractivity contribution is 0.116. The number of benzene rings is 2. The van der Waals surface area contributed by atoms with Gasteiger partial charge in [-0.15, -0.1) is 0 Å². The fraction of sp³-hybridized carbons (Fsp3) is 0.552. The van der Waals surface area contributed by atoms with Crippen molar-refractivity contribution in [2.75, 3.05) is 37.2 Å². The second-order valence-electron chi connectivity index (χ2n) is 10.1. The van der Waals surface area contributed by atoms with Gasteiger partial charge in [0.25, 0.3) is 0 Å². The highest BCUT2D eigenvalue weighted by Gasteiger charge is 2.27. The third-order valence-corrected chi connectivity index (χ3v) is 7.40. The van der Waals surface area contributed by atoms with Crippen molar-refractivity contribution in [1.29, 1.82) is 0 Å². The number of hydrogen-bond acceptors (Lipinski definition) is 5. The number of nitrogens with one attached hydrogen (secondary N) is 2. The number of sulfonamides is 1. The van der Waals surface area contributed by atoms with Gasteiger partial charge in [0.05, 0.1) is 6.26 Å². The molecule has 0 saturated carbocycles. The minimum Gasteiger partial charge on any atom is -0.457 e. The Morgan fingerprint density at radius 2 is 1.55 bits per heavy atom. The molecule has 1 fully saturated rings. The van der Waals surface area contributed by atoms with Crippen molar-refractivity contribution in [3.8, 4) is 11.5 Å². The third-order valence-electron chi connectivity index (χ3n) is 6.79. The van der Waals surface area contributed by atoms with E-state index in [1.165, 1.54) is 5.56 Å². The second kappa shape index (κ2) is 15.0. The summed E-state index contributed by atoms with van der Waals surface area (Å²) in [6.45, 7) is 8.76.